The summed E-state index contributed by atoms with van der Waals surface area (Å²) in [6.45, 7) is 6.20. The first-order valence-corrected chi connectivity index (χ1v) is 8.85. The van der Waals surface area contributed by atoms with Crippen LogP contribution < -0.4 is 10.6 Å². The van der Waals surface area contributed by atoms with Crippen molar-refractivity contribution in [3.8, 4) is 0 Å². The summed E-state index contributed by atoms with van der Waals surface area (Å²) in [5, 5.41) is 6.95. The van der Waals surface area contributed by atoms with Crippen LogP contribution in [0.2, 0.25) is 0 Å². The van der Waals surface area contributed by atoms with Gasteiger partial charge in [-0.25, -0.2) is 4.39 Å². The molecule has 1 heterocycles. The molecule has 3 atom stereocenters. The Bertz CT molecular complexity index is 602. The molecular formula is C19H28FN3O. The minimum absolute atomic E-state index is 0.139. The van der Waals surface area contributed by atoms with Crippen LogP contribution in [0, 0.1) is 17.2 Å². The van der Waals surface area contributed by atoms with E-state index in [0.29, 0.717) is 18.1 Å². The lowest BCUT2D eigenvalue weighted by molar-refractivity contribution is -0.106. The van der Waals surface area contributed by atoms with Gasteiger partial charge in [0.15, 0.2) is 5.96 Å². The van der Waals surface area contributed by atoms with Gasteiger partial charge in [-0.15, -0.1) is 0 Å². The Hall–Kier alpha value is -1.62. The Labute approximate surface area is 143 Å². The highest BCUT2D eigenvalue weighted by Gasteiger charge is 2.59. The van der Waals surface area contributed by atoms with Crippen LogP contribution in [-0.2, 0) is 11.2 Å². The predicted octanol–water partition coefficient (Wildman–Crippen LogP) is 2.74. The number of halogens is 1. The Morgan fingerprint density at radius 3 is 3.00 bits per heavy atom. The molecular weight excluding hydrogens is 305 g/mol. The van der Waals surface area contributed by atoms with Crippen molar-refractivity contribution in [1.82, 2.24) is 10.6 Å². The molecule has 5 heteroatoms. The first-order chi connectivity index (χ1) is 11.5. The van der Waals surface area contributed by atoms with E-state index in [-0.39, 0.29) is 11.2 Å². The zero-order chi connectivity index (χ0) is 17.2. The Morgan fingerprint density at radius 1 is 1.42 bits per heavy atom. The van der Waals surface area contributed by atoms with E-state index in [4.69, 9.17) is 4.74 Å². The number of nitrogens with one attached hydrogen (secondary N) is 2. The molecule has 0 bridgehead atoms. The predicted molar refractivity (Wildman–Crippen MR) is 94.6 cm³/mol. The number of aryl methyl sites for hydroxylation is 1. The lowest BCUT2D eigenvalue weighted by Gasteiger charge is -2.54. The first kappa shape index (κ1) is 17.2. The summed E-state index contributed by atoms with van der Waals surface area (Å²) in [5.74, 6) is 1.27. The van der Waals surface area contributed by atoms with Gasteiger partial charge in [-0.05, 0) is 37.0 Å². The molecule has 0 amide bonds. The van der Waals surface area contributed by atoms with Crippen LogP contribution in [0.3, 0.4) is 0 Å². The molecule has 1 saturated heterocycles. The zero-order valence-electron chi connectivity index (χ0n) is 14.8. The van der Waals surface area contributed by atoms with Crippen LogP contribution in [0.15, 0.2) is 29.3 Å². The van der Waals surface area contributed by atoms with Crippen molar-refractivity contribution in [2.24, 2.45) is 16.3 Å². The molecule has 0 radical (unpaired) electrons. The van der Waals surface area contributed by atoms with Crippen molar-refractivity contribution in [2.45, 2.75) is 45.3 Å². The van der Waals surface area contributed by atoms with E-state index in [1.807, 2.05) is 6.07 Å². The van der Waals surface area contributed by atoms with Crippen molar-refractivity contribution in [1.29, 1.82) is 0 Å². The van der Waals surface area contributed by atoms with E-state index in [9.17, 15) is 4.39 Å². The van der Waals surface area contributed by atoms with Crippen LogP contribution in [0.5, 0.6) is 0 Å². The van der Waals surface area contributed by atoms with Crippen LogP contribution in [0.4, 0.5) is 4.39 Å². The van der Waals surface area contributed by atoms with Crippen molar-refractivity contribution in [3.05, 3.63) is 35.6 Å². The average molecular weight is 333 g/mol. The van der Waals surface area contributed by atoms with Crippen LogP contribution >= 0.6 is 0 Å². The van der Waals surface area contributed by atoms with E-state index >= 15 is 0 Å². The maximum Gasteiger partial charge on any atom is 0.191 e. The zero-order valence-corrected chi connectivity index (χ0v) is 14.8. The minimum atomic E-state index is -0.168. The third kappa shape index (κ3) is 3.41. The van der Waals surface area contributed by atoms with E-state index in [2.05, 4.69) is 29.5 Å². The quantitative estimate of drug-likeness (QED) is 0.495. The highest BCUT2D eigenvalue weighted by atomic mass is 19.1. The summed E-state index contributed by atoms with van der Waals surface area (Å²) in [6, 6.07) is 7.21. The minimum Gasteiger partial charge on any atom is -0.377 e. The SMILES string of the molecule is CN=C(NCCCc1cccc(F)c1)NC1C2CCOC2C1(C)C. The van der Waals surface area contributed by atoms with E-state index in [1.54, 1.807) is 19.2 Å². The van der Waals surface area contributed by atoms with Crippen molar-refractivity contribution in [3.63, 3.8) is 0 Å². The van der Waals surface area contributed by atoms with Gasteiger partial charge in [-0.3, -0.25) is 4.99 Å². The Morgan fingerprint density at radius 2 is 2.25 bits per heavy atom. The van der Waals surface area contributed by atoms with E-state index in [0.717, 1.165) is 43.9 Å². The molecule has 2 fully saturated rings. The van der Waals surface area contributed by atoms with Gasteiger partial charge < -0.3 is 15.4 Å². The van der Waals surface area contributed by atoms with Crippen LogP contribution in [0.25, 0.3) is 0 Å². The number of guanidine groups is 1. The van der Waals surface area contributed by atoms with Crippen LogP contribution in [-0.4, -0.2) is 38.3 Å². The largest absolute Gasteiger partial charge is 0.377 e. The number of aliphatic imine (C=N–C) groups is 1. The topological polar surface area (TPSA) is 45.7 Å². The van der Waals surface area contributed by atoms with E-state index in [1.165, 1.54) is 6.07 Å². The molecule has 1 aliphatic heterocycles. The van der Waals surface area contributed by atoms with Crippen molar-refractivity contribution in [2.75, 3.05) is 20.2 Å². The number of hydrogen-bond donors (Lipinski definition) is 2. The molecule has 132 valence electrons. The number of ether oxygens (including phenoxy) is 1. The second kappa shape index (κ2) is 7.09. The summed E-state index contributed by atoms with van der Waals surface area (Å²) < 4.78 is 19.0. The van der Waals surface area contributed by atoms with Gasteiger partial charge in [0.2, 0.25) is 0 Å². The van der Waals surface area contributed by atoms with Gasteiger partial charge in [-0.2, -0.15) is 0 Å². The van der Waals surface area contributed by atoms with Crippen molar-refractivity contribution < 1.29 is 9.13 Å². The number of nitrogens with zero attached hydrogens (tertiary/aromatic N) is 1. The van der Waals surface area contributed by atoms with Gasteiger partial charge in [0.1, 0.15) is 5.82 Å². The monoisotopic (exact) mass is 333 g/mol. The Balaban J connectivity index is 1.44. The molecule has 3 unspecified atom stereocenters. The normalized spacial score (nSPS) is 28.2. The number of fused-ring (bicyclic) bond motifs is 1. The molecule has 0 spiro atoms. The molecule has 3 rings (SSSR count). The summed E-state index contributed by atoms with van der Waals surface area (Å²) >= 11 is 0. The fourth-order valence-electron chi connectivity index (χ4n) is 4.15. The van der Waals surface area contributed by atoms with E-state index < -0.39 is 0 Å². The second-order valence-electron chi connectivity index (χ2n) is 7.42. The summed E-state index contributed by atoms with van der Waals surface area (Å²) in [5.41, 5.74) is 1.17. The van der Waals surface area contributed by atoms with Gasteiger partial charge in [-0.1, -0.05) is 26.0 Å². The van der Waals surface area contributed by atoms with Crippen molar-refractivity contribution >= 4 is 5.96 Å². The maximum absolute atomic E-state index is 13.2. The molecule has 2 N–H and O–H groups in total. The average Bonchev–Trinajstić information content (AvgIpc) is 3.01. The number of hydrogen-bond acceptors (Lipinski definition) is 2. The second-order valence-corrected chi connectivity index (χ2v) is 7.42. The summed E-state index contributed by atoms with van der Waals surface area (Å²) in [4.78, 5) is 4.34. The molecule has 4 nitrogen and oxygen atoms in total. The Kier molecular flexibility index (Phi) is 5.09. The lowest BCUT2D eigenvalue weighted by Crippen LogP contribution is -2.67. The fourth-order valence-corrected chi connectivity index (χ4v) is 4.15. The highest BCUT2D eigenvalue weighted by Crippen LogP contribution is 2.52. The molecule has 1 aromatic carbocycles. The van der Waals surface area contributed by atoms with Gasteiger partial charge in [0.25, 0.3) is 0 Å². The third-order valence-corrected chi connectivity index (χ3v) is 5.44. The molecule has 1 aromatic rings. The fraction of sp³-hybridized carbons (Fsp3) is 0.632. The third-order valence-electron chi connectivity index (χ3n) is 5.44. The summed E-state index contributed by atoms with van der Waals surface area (Å²) in [7, 11) is 1.80. The van der Waals surface area contributed by atoms with Gasteiger partial charge in [0, 0.05) is 37.6 Å². The number of rotatable bonds is 5. The molecule has 2 aliphatic rings. The maximum atomic E-state index is 13.2. The standard InChI is InChI=1S/C19H28FN3O/c1-19(2)16(15-9-11-24-17(15)19)23-18(21-3)22-10-5-7-13-6-4-8-14(20)12-13/h4,6,8,12,15-17H,5,7,9-11H2,1-3H3,(H2,21,22,23). The van der Waals surface area contributed by atoms with Gasteiger partial charge >= 0.3 is 0 Å². The highest BCUT2D eigenvalue weighted by molar-refractivity contribution is 5.80. The lowest BCUT2D eigenvalue weighted by atomic mass is 9.57. The smallest absolute Gasteiger partial charge is 0.191 e. The first-order valence-electron chi connectivity index (χ1n) is 8.85. The molecule has 0 aromatic heterocycles. The van der Waals surface area contributed by atoms with Crippen LogP contribution in [0.1, 0.15) is 32.3 Å². The molecule has 24 heavy (non-hydrogen) atoms. The molecule has 1 aliphatic carbocycles. The molecule has 1 saturated carbocycles. The summed E-state index contributed by atoms with van der Waals surface area (Å²) in [6.07, 6.45) is 3.30. The number of benzene rings is 1. The van der Waals surface area contributed by atoms with Gasteiger partial charge in [0.05, 0.1) is 6.10 Å².